The molecule has 5 heteroatoms. The summed E-state index contributed by atoms with van der Waals surface area (Å²) >= 11 is 1.15. The van der Waals surface area contributed by atoms with Crippen LogP contribution in [0.25, 0.3) is 6.08 Å². The monoisotopic (exact) mass is 368 g/mol. The number of hydrogen-bond acceptors (Lipinski definition) is 3. The van der Waals surface area contributed by atoms with Gasteiger partial charge in [-0.2, -0.15) is 0 Å². The molecule has 0 radical (unpaired) electrons. The van der Waals surface area contributed by atoms with E-state index in [0.29, 0.717) is 5.69 Å². The van der Waals surface area contributed by atoms with Crippen molar-refractivity contribution in [3.05, 3.63) is 64.7 Å². The van der Waals surface area contributed by atoms with E-state index in [1.807, 2.05) is 25.1 Å². The lowest BCUT2D eigenvalue weighted by atomic mass is 10.0. The van der Waals surface area contributed by atoms with Gasteiger partial charge < -0.3 is 10.2 Å². The number of hydrogen-bond donors (Lipinski definition) is 1. The molecule has 0 spiro atoms. The minimum atomic E-state index is -0.188. The highest BCUT2D eigenvalue weighted by molar-refractivity contribution is 8.13. The fourth-order valence-corrected chi connectivity index (χ4v) is 2.97. The number of anilines is 1. The molecule has 4 nitrogen and oxygen atoms in total. The number of amides is 2. The number of thioether (sulfide) groups is 1. The van der Waals surface area contributed by atoms with Gasteiger partial charge in [-0.1, -0.05) is 12.1 Å². The minimum Gasteiger partial charge on any atom is -0.339 e. The Hall–Kier alpha value is -2.53. The van der Waals surface area contributed by atoms with Crippen LogP contribution in [-0.4, -0.2) is 30.1 Å². The van der Waals surface area contributed by atoms with E-state index in [-0.39, 0.29) is 11.1 Å². The van der Waals surface area contributed by atoms with Gasteiger partial charge in [0.2, 0.25) is 5.91 Å². The minimum absolute atomic E-state index is 0.0338. The molecular weight excluding hydrogens is 344 g/mol. The topological polar surface area (TPSA) is 49.4 Å². The van der Waals surface area contributed by atoms with E-state index >= 15 is 0 Å². The molecule has 0 unspecified atom stereocenters. The second-order valence-electron chi connectivity index (χ2n) is 6.40. The lowest BCUT2D eigenvalue weighted by Crippen LogP contribution is -2.16. The number of benzene rings is 2. The number of carbonyl (C=O) groups is 2. The first-order valence-corrected chi connectivity index (χ1v) is 9.14. The van der Waals surface area contributed by atoms with Gasteiger partial charge in [0.25, 0.3) is 5.24 Å². The zero-order valence-electron chi connectivity index (χ0n) is 15.8. The van der Waals surface area contributed by atoms with E-state index in [1.165, 1.54) is 22.1 Å². The highest BCUT2D eigenvalue weighted by Gasteiger charge is 2.07. The Morgan fingerprint density at radius 1 is 0.962 bits per heavy atom. The molecule has 0 bridgehead atoms. The lowest BCUT2D eigenvalue weighted by molar-refractivity contribution is -0.111. The molecule has 0 heterocycles. The van der Waals surface area contributed by atoms with Gasteiger partial charge in [0.05, 0.1) is 0 Å². The van der Waals surface area contributed by atoms with Crippen molar-refractivity contribution in [2.75, 3.05) is 19.4 Å². The Bertz CT molecular complexity index is 840. The van der Waals surface area contributed by atoms with Crippen LogP contribution >= 0.6 is 11.8 Å². The van der Waals surface area contributed by atoms with Gasteiger partial charge in [-0.05, 0) is 85.1 Å². The summed E-state index contributed by atoms with van der Waals surface area (Å²) < 4.78 is 0. The van der Waals surface area contributed by atoms with Crippen molar-refractivity contribution in [3.8, 4) is 0 Å². The van der Waals surface area contributed by atoms with Crippen LogP contribution in [0.1, 0.15) is 22.3 Å². The van der Waals surface area contributed by atoms with Crippen molar-refractivity contribution >= 4 is 34.7 Å². The molecule has 0 aromatic heterocycles. The predicted octanol–water partition coefficient (Wildman–Crippen LogP) is 5.04. The van der Waals surface area contributed by atoms with E-state index in [4.69, 9.17) is 0 Å². The van der Waals surface area contributed by atoms with Crippen molar-refractivity contribution in [1.29, 1.82) is 0 Å². The second-order valence-corrected chi connectivity index (χ2v) is 7.43. The molecule has 2 aromatic rings. The molecule has 2 aromatic carbocycles. The van der Waals surface area contributed by atoms with Gasteiger partial charge in [-0.25, -0.2) is 0 Å². The Labute approximate surface area is 159 Å². The molecule has 0 saturated carbocycles. The maximum absolute atomic E-state index is 12.1. The predicted molar refractivity (Wildman–Crippen MR) is 110 cm³/mol. The number of nitrogens with zero attached hydrogens (tertiary/aromatic N) is 1. The SMILES string of the molecule is Cc1cc(C)c(/C=C/C(=O)Nc2ccc(SC(=O)N(C)C)cc2)cc1C. The van der Waals surface area contributed by atoms with E-state index in [0.717, 1.165) is 27.8 Å². The fourth-order valence-electron chi connectivity index (χ4n) is 2.31. The van der Waals surface area contributed by atoms with Gasteiger partial charge in [-0.15, -0.1) is 0 Å². The molecule has 0 fully saturated rings. The molecule has 0 aliphatic carbocycles. The first-order chi connectivity index (χ1) is 12.3. The van der Waals surface area contributed by atoms with E-state index in [9.17, 15) is 9.59 Å². The molecule has 0 aliphatic rings. The zero-order valence-corrected chi connectivity index (χ0v) is 16.6. The van der Waals surface area contributed by atoms with Crippen molar-refractivity contribution in [2.45, 2.75) is 25.7 Å². The van der Waals surface area contributed by atoms with E-state index in [1.54, 1.807) is 26.2 Å². The Kier molecular flexibility index (Phi) is 6.64. The lowest BCUT2D eigenvalue weighted by Gasteiger charge is -2.09. The van der Waals surface area contributed by atoms with Crippen LogP contribution in [-0.2, 0) is 4.79 Å². The summed E-state index contributed by atoms with van der Waals surface area (Å²) in [5.41, 5.74) is 5.32. The normalized spacial score (nSPS) is 10.8. The highest BCUT2D eigenvalue weighted by Crippen LogP contribution is 2.22. The third kappa shape index (κ3) is 5.49. The highest BCUT2D eigenvalue weighted by atomic mass is 32.2. The van der Waals surface area contributed by atoms with Crippen LogP contribution in [0.15, 0.2) is 47.4 Å². The number of rotatable bonds is 4. The molecule has 0 atom stereocenters. The summed E-state index contributed by atoms with van der Waals surface area (Å²) in [6.45, 7) is 6.18. The molecule has 0 saturated heterocycles. The molecule has 0 aliphatic heterocycles. The van der Waals surface area contributed by atoms with Gasteiger partial charge in [-0.3, -0.25) is 9.59 Å². The van der Waals surface area contributed by atoms with E-state index in [2.05, 4.69) is 31.3 Å². The standard InChI is InChI=1S/C21H24N2O2S/c1-14-12-16(3)17(13-15(14)2)6-11-20(24)22-18-7-9-19(10-8-18)26-21(25)23(4)5/h6-13H,1-5H3,(H,22,24)/b11-6+. The summed E-state index contributed by atoms with van der Waals surface area (Å²) in [4.78, 5) is 26.2. The van der Waals surface area contributed by atoms with Gasteiger partial charge in [0.1, 0.15) is 0 Å². The number of carbonyl (C=O) groups excluding carboxylic acids is 2. The first kappa shape index (κ1) is 19.8. The number of aryl methyl sites for hydroxylation is 3. The summed E-state index contributed by atoms with van der Waals surface area (Å²) in [6.07, 6.45) is 3.37. The van der Waals surface area contributed by atoms with Crippen molar-refractivity contribution in [1.82, 2.24) is 4.90 Å². The molecule has 2 rings (SSSR count). The maximum atomic E-state index is 12.1. The first-order valence-electron chi connectivity index (χ1n) is 8.32. The Balaban J connectivity index is 1.99. The van der Waals surface area contributed by atoms with Crippen LogP contribution in [0.4, 0.5) is 10.5 Å². The smallest absolute Gasteiger partial charge is 0.285 e. The Morgan fingerprint density at radius 3 is 2.19 bits per heavy atom. The average Bonchev–Trinajstić information content (AvgIpc) is 2.58. The van der Waals surface area contributed by atoms with Crippen molar-refractivity contribution in [3.63, 3.8) is 0 Å². The Morgan fingerprint density at radius 2 is 1.58 bits per heavy atom. The summed E-state index contributed by atoms with van der Waals surface area (Å²) in [5, 5.41) is 2.80. The average molecular weight is 369 g/mol. The van der Waals surface area contributed by atoms with Crippen molar-refractivity contribution in [2.24, 2.45) is 0 Å². The molecular formula is C21H24N2O2S. The van der Waals surface area contributed by atoms with Crippen LogP contribution in [0, 0.1) is 20.8 Å². The quantitative estimate of drug-likeness (QED) is 0.608. The van der Waals surface area contributed by atoms with Crippen LogP contribution in [0.2, 0.25) is 0 Å². The second kappa shape index (κ2) is 8.72. The van der Waals surface area contributed by atoms with Gasteiger partial charge >= 0.3 is 0 Å². The molecule has 2 amide bonds. The van der Waals surface area contributed by atoms with Gasteiger partial charge in [0.15, 0.2) is 0 Å². The summed E-state index contributed by atoms with van der Waals surface area (Å²) in [7, 11) is 3.43. The summed E-state index contributed by atoms with van der Waals surface area (Å²) in [6, 6.07) is 11.4. The fraction of sp³-hybridized carbons (Fsp3) is 0.238. The van der Waals surface area contributed by atoms with Crippen molar-refractivity contribution < 1.29 is 9.59 Å². The third-order valence-electron chi connectivity index (χ3n) is 3.99. The molecule has 1 N–H and O–H groups in total. The molecule has 136 valence electrons. The van der Waals surface area contributed by atoms with E-state index < -0.39 is 0 Å². The van der Waals surface area contributed by atoms with Crippen LogP contribution in [0.5, 0.6) is 0 Å². The van der Waals surface area contributed by atoms with Crippen LogP contribution in [0.3, 0.4) is 0 Å². The third-order valence-corrected chi connectivity index (χ3v) is 5.04. The van der Waals surface area contributed by atoms with Crippen LogP contribution < -0.4 is 5.32 Å². The summed E-state index contributed by atoms with van der Waals surface area (Å²) in [5.74, 6) is -0.188. The molecule has 26 heavy (non-hydrogen) atoms. The van der Waals surface area contributed by atoms with Gasteiger partial charge in [0, 0.05) is 30.8 Å². The maximum Gasteiger partial charge on any atom is 0.285 e. The number of nitrogens with one attached hydrogen (secondary N) is 1. The largest absolute Gasteiger partial charge is 0.339 e. The zero-order chi connectivity index (χ0) is 19.3.